The second-order valence-electron chi connectivity index (χ2n) is 5.63. The fourth-order valence-electron chi connectivity index (χ4n) is 2.46. The zero-order chi connectivity index (χ0) is 16.8. The molecule has 0 aliphatic carbocycles. The molecule has 0 aliphatic heterocycles. The standard InChI is InChI=1S/C17H24N4O2/c1-12-9-14(3)21(20-12)11-13(2)19-17(22)10-18-15-7-5-6-8-16(15)23-4/h5-9,13,18H,10-11H2,1-4H3,(H,19,22)/t13-/m1/s1. The highest BCUT2D eigenvalue weighted by Crippen LogP contribution is 2.22. The van der Waals surface area contributed by atoms with Gasteiger partial charge in [0.2, 0.25) is 5.91 Å². The maximum atomic E-state index is 12.1. The Morgan fingerprint density at radius 3 is 2.74 bits per heavy atom. The highest BCUT2D eigenvalue weighted by molar-refractivity contribution is 5.81. The minimum Gasteiger partial charge on any atom is -0.495 e. The number of anilines is 1. The third kappa shape index (κ3) is 4.74. The van der Waals surface area contributed by atoms with Gasteiger partial charge in [0.1, 0.15) is 5.75 Å². The van der Waals surface area contributed by atoms with Crippen molar-refractivity contribution in [1.82, 2.24) is 15.1 Å². The van der Waals surface area contributed by atoms with Crippen molar-refractivity contribution in [2.75, 3.05) is 19.0 Å². The van der Waals surface area contributed by atoms with Crippen LogP contribution in [0.15, 0.2) is 30.3 Å². The summed E-state index contributed by atoms with van der Waals surface area (Å²) in [6.07, 6.45) is 0. The summed E-state index contributed by atoms with van der Waals surface area (Å²) in [5.74, 6) is 0.654. The molecular formula is C17H24N4O2. The molecule has 1 aromatic heterocycles. The molecular weight excluding hydrogens is 292 g/mol. The number of carbonyl (C=O) groups excluding carboxylic acids is 1. The summed E-state index contributed by atoms with van der Waals surface area (Å²) < 4.78 is 7.16. The predicted molar refractivity (Wildman–Crippen MR) is 90.8 cm³/mol. The molecule has 2 aromatic rings. The van der Waals surface area contributed by atoms with E-state index in [1.807, 2.05) is 55.8 Å². The Bertz CT molecular complexity index is 666. The summed E-state index contributed by atoms with van der Waals surface area (Å²) in [6.45, 7) is 6.79. The lowest BCUT2D eigenvalue weighted by Crippen LogP contribution is -2.39. The molecule has 124 valence electrons. The summed E-state index contributed by atoms with van der Waals surface area (Å²) >= 11 is 0. The molecule has 1 atom stereocenters. The van der Waals surface area contributed by atoms with Gasteiger partial charge in [-0.1, -0.05) is 12.1 Å². The minimum atomic E-state index is -0.0649. The molecule has 6 heteroatoms. The second-order valence-corrected chi connectivity index (χ2v) is 5.63. The Morgan fingerprint density at radius 1 is 1.35 bits per heavy atom. The van der Waals surface area contributed by atoms with Crippen LogP contribution in [0.4, 0.5) is 5.69 Å². The Hall–Kier alpha value is -2.50. The van der Waals surface area contributed by atoms with E-state index in [2.05, 4.69) is 15.7 Å². The number of aryl methyl sites for hydroxylation is 2. The van der Waals surface area contributed by atoms with Gasteiger partial charge in [0, 0.05) is 11.7 Å². The molecule has 6 nitrogen and oxygen atoms in total. The Labute approximate surface area is 136 Å². The monoisotopic (exact) mass is 316 g/mol. The van der Waals surface area contributed by atoms with Gasteiger partial charge < -0.3 is 15.4 Å². The van der Waals surface area contributed by atoms with Crippen LogP contribution < -0.4 is 15.4 Å². The zero-order valence-corrected chi connectivity index (χ0v) is 14.1. The molecule has 1 amide bonds. The first-order valence-corrected chi connectivity index (χ1v) is 7.67. The fourth-order valence-corrected chi connectivity index (χ4v) is 2.46. The summed E-state index contributed by atoms with van der Waals surface area (Å²) in [7, 11) is 1.61. The molecule has 0 aliphatic rings. The highest BCUT2D eigenvalue weighted by atomic mass is 16.5. The van der Waals surface area contributed by atoms with E-state index < -0.39 is 0 Å². The number of ether oxygens (including phenoxy) is 1. The number of nitrogens with one attached hydrogen (secondary N) is 2. The van der Waals surface area contributed by atoms with E-state index in [9.17, 15) is 4.79 Å². The van der Waals surface area contributed by atoms with Gasteiger partial charge in [-0.25, -0.2) is 0 Å². The van der Waals surface area contributed by atoms with Crippen LogP contribution in [0.1, 0.15) is 18.3 Å². The van der Waals surface area contributed by atoms with Crippen molar-refractivity contribution in [3.8, 4) is 5.75 Å². The van der Waals surface area contributed by atoms with Crippen molar-refractivity contribution in [3.05, 3.63) is 41.7 Å². The number of nitrogens with zero attached hydrogens (tertiary/aromatic N) is 2. The van der Waals surface area contributed by atoms with Gasteiger partial charge in [-0.15, -0.1) is 0 Å². The normalized spacial score (nSPS) is 11.8. The first-order chi connectivity index (χ1) is 11.0. The predicted octanol–water partition coefficient (Wildman–Crippen LogP) is 2.13. The van der Waals surface area contributed by atoms with Gasteiger partial charge in [-0.05, 0) is 39.0 Å². The average molecular weight is 316 g/mol. The van der Waals surface area contributed by atoms with Crippen LogP contribution in [-0.4, -0.2) is 35.4 Å². The third-order valence-electron chi connectivity index (χ3n) is 3.50. The minimum absolute atomic E-state index is 0.0000288. The number of hydrogen-bond donors (Lipinski definition) is 2. The first kappa shape index (κ1) is 16.9. The molecule has 2 N–H and O–H groups in total. The summed E-state index contributed by atoms with van der Waals surface area (Å²) in [5, 5.41) is 10.5. The van der Waals surface area contributed by atoms with E-state index in [-0.39, 0.29) is 18.5 Å². The molecule has 0 unspecified atom stereocenters. The zero-order valence-electron chi connectivity index (χ0n) is 14.1. The van der Waals surface area contributed by atoms with Gasteiger partial charge in [0.25, 0.3) is 0 Å². The number of methoxy groups -OCH3 is 1. The Balaban J connectivity index is 1.83. The topological polar surface area (TPSA) is 68.2 Å². The molecule has 23 heavy (non-hydrogen) atoms. The number of aromatic nitrogens is 2. The quantitative estimate of drug-likeness (QED) is 0.821. The van der Waals surface area contributed by atoms with Crippen LogP contribution in [0.25, 0.3) is 0 Å². The number of benzene rings is 1. The molecule has 2 rings (SSSR count). The molecule has 0 fully saturated rings. The van der Waals surface area contributed by atoms with E-state index in [0.29, 0.717) is 6.54 Å². The van der Waals surface area contributed by atoms with Crippen LogP contribution in [0.2, 0.25) is 0 Å². The molecule has 0 radical (unpaired) electrons. The van der Waals surface area contributed by atoms with Crippen molar-refractivity contribution in [2.45, 2.75) is 33.4 Å². The summed E-state index contributed by atoms with van der Waals surface area (Å²) in [4.78, 5) is 12.1. The van der Waals surface area contributed by atoms with Crippen LogP contribution in [0, 0.1) is 13.8 Å². The van der Waals surface area contributed by atoms with Crippen molar-refractivity contribution >= 4 is 11.6 Å². The highest BCUT2D eigenvalue weighted by Gasteiger charge is 2.11. The lowest BCUT2D eigenvalue weighted by molar-refractivity contribution is -0.120. The Morgan fingerprint density at radius 2 is 2.09 bits per heavy atom. The number of para-hydroxylation sites is 2. The van der Waals surface area contributed by atoms with Crippen molar-refractivity contribution in [1.29, 1.82) is 0 Å². The second kappa shape index (κ2) is 7.67. The van der Waals surface area contributed by atoms with Crippen molar-refractivity contribution in [3.63, 3.8) is 0 Å². The van der Waals surface area contributed by atoms with Crippen LogP contribution in [-0.2, 0) is 11.3 Å². The van der Waals surface area contributed by atoms with E-state index in [0.717, 1.165) is 22.8 Å². The maximum Gasteiger partial charge on any atom is 0.239 e. The van der Waals surface area contributed by atoms with Gasteiger partial charge in [0.15, 0.2) is 0 Å². The summed E-state index contributed by atoms with van der Waals surface area (Å²) in [6, 6.07) is 9.55. The van der Waals surface area contributed by atoms with Gasteiger partial charge in [-0.2, -0.15) is 5.10 Å². The number of hydrogen-bond acceptors (Lipinski definition) is 4. The SMILES string of the molecule is COc1ccccc1NCC(=O)N[C@H](C)Cn1nc(C)cc1C. The van der Waals surface area contributed by atoms with E-state index >= 15 is 0 Å². The molecule has 0 saturated heterocycles. The fraction of sp³-hybridized carbons (Fsp3) is 0.412. The Kier molecular flexibility index (Phi) is 5.62. The maximum absolute atomic E-state index is 12.1. The third-order valence-corrected chi connectivity index (χ3v) is 3.50. The number of carbonyl (C=O) groups is 1. The van der Waals surface area contributed by atoms with E-state index in [4.69, 9.17) is 4.74 Å². The first-order valence-electron chi connectivity index (χ1n) is 7.67. The van der Waals surface area contributed by atoms with Crippen molar-refractivity contribution < 1.29 is 9.53 Å². The number of amides is 1. The molecule has 1 aromatic carbocycles. The lowest BCUT2D eigenvalue weighted by atomic mass is 10.3. The molecule has 0 bridgehead atoms. The molecule has 0 spiro atoms. The van der Waals surface area contributed by atoms with Crippen LogP contribution >= 0.6 is 0 Å². The smallest absolute Gasteiger partial charge is 0.239 e. The number of rotatable bonds is 7. The van der Waals surface area contributed by atoms with Crippen LogP contribution in [0.3, 0.4) is 0 Å². The van der Waals surface area contributed by atoms with Gasteiger partial charge in [-0.3, -0.25) is 9.48 Å². The molecule has 1 heterocycles. The largest absolute Gasteiger partial charge is 0.495 e. The van der Waals surface area contributed by atoms with E-state index in [1.54, 1.807) is 7.11 Å². The molecule has 0 saturated carbocycles. The lowest BCUT2D eigenvalue weighted by Gasteiger charge is -2.16. The average Bonchev–Trinajstić information content (AvgIpc) is 2.82. The van der Waals surface area contributed by atoms with Gasteiger partial charge >= 0.3 is 0 Å². The van der Waals surface area contributed by atoms with E-state index in [1.165, 1.54) is 0 Å². The van der Waals surface area contributed by atoms with Gasteiger partial charge in [0.05, 0.1) is 31.6 Å². The summed E-state index contributed by atoms with van der Waals surface area (Å²) in [5.41, 5.74) is 2.88. The van der Waals surface area contributed by atoms with Crippen molar-refractivity contribution in [2.24, 2.45) is 0 Å². The van der Waals surface area contributed by atoms with Crippen LogP contribution in [0.5, 0.6) is 5.75 Å².